The molecule has 0 spiro atoms. The Morgan fingerprint density at radius 1 is 0.850 bits per heavy atom. The first-order valence-electron chi connectivity index (χ1n) is 6.92. The van der Waals surface area contributed by atoms with Gasteiger partial charge < -0.3 is 4.74 Å². The molecule has 0 amide bonds. The average molecular weight is 306 g/mol. The summed E-state index contributed by atoms with van der Waals surface area (Å²) >= 11 is 3.81. The zero-order chi connectivity index (χ0) is 14.6. The predicted octanol–water partition coefficient (Wildman–Crippen LogP) is 6.31. The van der Waals surface area contributed by atoms with Crippen LogP contribution in [0.1, 0.15) is 20.8 Å². The maximum atomic E-state index is 5.74. The summed E-state index contributed by atoms with van der Waals surface area (Å²) in [5, 5.41) is 1.11. The fourth-order valence-corrected chi connectivity index (χ4v) is 3.29. The second-order valence-corrected chi connectivity index (χ2v) is 6.33. The number of thioether (sulfide) groups is 2. The molecule has 0 radical (unpaired) electrons. The van der Waals surface area contributed by atoms with E-state index in [1.165, 1.54) is 10.6 Å². The van der Waals surface area contributed by atoms with Gasteiger partial charge in [-0.25, -0.2) is 0 Å². The molecule has 0 saturated heterocycles. The minimum absolute atomic E-state index is 0.874. The van der Waals surface area contributed by atoms with Crippen molar-refractivity contribution in [2.45, 2.75) is 25.7 Å². The molecule has 108 valence electrons. The lowest BCUT2D eigenvalue weighted by Gasteiger charge is -2.06. The van der Waals surface area contributed by atoms with Gasteiger partial charge in [0, 0.05) is 9.98 Å². The van der Waals surface area contributed by atoms with Gasteiger partial charge in [-0.05, 0) is 42.2 Å². The van der Waals surface area contributed by atoms with Crippen molar-refractivity contribution in [2.24, 2.45) is 0 Å². The lowest BCUT2D eigenvalue weighted by Crippen LogP contribution is -1.83. The summed E-state index contributed by atoms with van der Waals surface area (Å²) in [5.41, 5.74) is 0. The van der Waals surface area contributed by atoms with Gasteiger partial charge in [0.05, 0.1) is 0 Å². The Kier molecular flexibility index (Phi) is 9.09. The molecule has 1 nitrogen and oxygen atoms in total. The van der Waals surface area contributed by atoms with E-state index >= 15 is 0 Å². The highest BCUT2D eigenvalue weighted by atomic mass is 32.2. The Morgan fingerprint density at radius 3 is 2.05 bits per heavy atom. The Labute approximate surface area is 131 Å². The minimum atomic E-state index is 0.874. The molecule has 2 aromatic rings. The molecule has 0 aliphatic heterocycles. The lowest BCUT2D eigenvalue weighted by molar-refractivity contribution is 0.482. The normalized spacial score (nSPS) is 9.55. The van der Waals surface area contributed by atoms with Crippen LogP contribution in [0.3, 0.4) is 0 Å². The smallest absolute Gasteiger partial charge is 0.127 e. The molecule has 2 rings (SSSR count). The van der Waals surface area contributed by atoms with Crippen LogP contribution in [0, 0.1) is 0 Å². The molecule has 0 unspecified atom stereocenters. The molecular formula is C17H22OS2. The van der Waals surface area contributed by atoms with Crippen molar-refractivity contribution >= 4 is 23.5 Å². The van der Waals surface area contributed by atoms with Gasteiger partial charge in [-0.15, -0.1) is 11.8 Å². The molecule has 3 heteroatoms. The molecule has 2 aromatic carbocycles. The predicted molar refractivity (Wildman–Crippen MR) is 93.2 cm³/mol. The Morgan fingerprint density at radius 2 is 1.45 bits per heavy atom. The van der Waals surface area contributed by atoms with Crippen LogP contribution in [0.15, 0.2) is 59.5 Å². The third kappa shape index (κ3) is 6.40. The van der Waals surface area contributed by atoms with E-state index in [-0.39, 0.29) is 0 Å². The quantitative estimate of drug-likeness (QED) is 0.352. The van der Waals surface area contributed by atoms with E-state index in [1.807, 2.05) is 79.8 Å². The summed E-state index contributed by atoms with van der Waals surface area (Å²) in [4.78, 5) is 1.29. The molecule has 0 bridgehead atoms. The van der Waals surface area contributed by atoms with E-state index in [4.69, 9.17) is 4.74 Å². The highest BCUT2D eigenvalue weighted by Gasteiger charge is 1.98. The summed E-state index contributed by atoms with van der Waals surface area (Å²) in [6, 6.07) is 18.1. The first-order valence-corrected chi connectivity index (χ1v) is 9.06. The summed E-state index contributed by atoms with van der Waals surface area (Å²) in [6.45, 7) is 6.18. The van der Waals surface area contributed by atoms with E-state index in [0.717, 1.165) is 16.6 Å². The van der Waals surface area contributed by atoms with Crippen LogP contribution in [0.25, 0.3) is 0 Å². The van der Waals surface area contributed by atoms with Crippen molar-refractivity contribution in [1.29, 1.82) is 0 Å². The van der Waals surface area contributed by atoms with E-state index < -0.39 is 0 Å². The average Bonchev–Trinajstić information content (AvgIpc) is 2.52. The van der Waals surface area contributed by atoms with Crippen LogP contribution in [0.2, 0.25) is 0 Å². The number of ether oxygens (including phenoxy) is 1. The summed E-state index contributed by atoms with van der Waals surface area (Å²) in [6.07, 6.45) is 0. The Hall–Kier alpha value is -1.06. The van der Waals surface area contributed by atoms with Gasteiger partial charge in [-0.1, -0.05) is 39.0 Å². The van der Waals surface area contributed by atoms with Crippen molar-refractivity contribution in [3.8, 4) is 11.5 Å². The second-order valence-electron chi connectivity index (χ2n) is 3.64. The van der Waals surface area contributed by atoms with Gasteiger partial charge in [0.2, 0.25) is 0 Å². The maximum Gasteiger partial charge on any atom is 0.127 e. The maximum absolute atomic E-state index is 5.74. The second kappa shape index (κ2) is 10.7. The standard InChI is InChI=1S/C15H16OS2.C2H6/c1-2-17-12-18-15-10-8-14(9-11-15)16-13-6-4-3-5-7-13;1-2/h3-11H,2,12H2,1H3;1-2H3. The molecule has 0 aliphatic rings. The van der Waals surface area contributed by atoms with Gasteiger partial charge in [-0.3, -0.25) is 0 Å². The number of hydrogen-bond donors (Lipinski definition) is 0. The minimum Gasteiger partial charge on any atom is -0.457 e. The fourth-order valence-electron chi connectivity index (χ4n) is 1.42. The zero-order valence-corrected chi connectivity index (χ0v) is 14.0. The third-order valence-electron chi connectivity index (χ3n) is 2.32. The summed E-state index contributed by atoms with van der Waals surface area (Å²) < 4.78 is 5.74. The van der Waals surface area contributed by atoms with Gasteiger partial charge in [0.15, 0.2) is 0 Å². The molecule has 0 atom stereocenters. The van der Waals surface area contributed by atoms with Gasteiger partial charge in [0.1, 0.15) is 11.5 Å². The van der Waals surface area contributed by atoms with E-state index in [0.29, 0.717) is 0 Å². The molecule has 0 aromatic heterocycles. The first kappa shape index (κ1) is 17.0. The molecule has 0 saturated carbocycles. The van der Waals surface area contributed by atoms with Crippen molar-refractivity contribution < 1.29 is 4.74 Å². The molecule has 0 aliphatic carbocycles. The van der Waals surface area contributed by atoms with Crippen LogP contribution < -0.4 is 4.74 Å². The van der Waals surface area contributed by atoms with Crippen molar-refractivity contribution in [3.63, 3.8) is 0 Å². The first-order chi connectivity index (χ1) is 9.88. The van der Waals surface area contributed by atoms with Gasteiger partial charge >= 0.3 is 0 Å². The van der Waals surface area contributed by atoms with Crippen molar-refractivity contribution in [3.05, 3.63) is 54.6 Å². The molecule has 0 N–H and O–H groups in total. The van der Waals surface area contributed by atoms with Crippen LogP contribution in [0.4, 0.5) is 0 Å². The van der Waals surface area contributed by atoms with Crippen LogP contribution in [-0.2, 0) is 0 Å². The Balaban J connectivity index is 0.000000956. The van der Waals surface area contributed by atoms with E-state index in [2.05, 4.69) is 19.1 Å². The largest absolute Gasteiger partial charge is 0.457 e. The molecule has 20 heavy (non-hydrogen) atoms. The monoisotopic (exact) mass is 306 g/mol. The lowest BCUT2D eigenvalue weighted by atomic mass is 10.3. The van der Waals surface area contributed by atoms with Crippen LogP contribution in [-0.4, -0.2) is 10.8 Å². The molecule has 0 fully saturated rings. The van der Waals surface area contributed by atoms with Crippen molar-refractivity contribution in [1.82, 2.24) is 0 Å². The molecular weight excluding hydrogens is 284 g/mol. The summed E-state index contributed by atoms with van der Waals surface area (Å²) in [7, 11) is 0. The number of hydrogen-bond acceptors (Lipinski definition) is 3. The highest BCUT2D eigenvalue weighted by Crippen LogP contribution is 2.26. The SMILES string of the molecule is CC.CCSCSc1ccc(Oc2ccccc2)cc1. The zero-order valence-electron chi connectivity index (χ0n) is 12.3. The Bertz CT molecular complexity index is 454. The van der Waals surface area contributed by atoms with Crippen LogP contribution >= 0.6 is 23.5 Å². The number of para-hydroxylation sites is 1. The van der Waals surface area contributed by atoms with Crippen LogP contribution in [0.5, 0.6) is 11.5 Å². The van der Waals surface area contributed by atoms with Crippen molar-refractivity contribution in [2.75, 3.05) is 10.8 Å². The molecule has 0 heterocycles. The number of rotatable bonds is 6. The third-order valence-corrected chi connectivity index (χ3v) is 4.47. The fraction of sp³-hybridized carbons (Fsp3) is 0.294. The highest BCUT2D eigenvalue weighted by molar-refractivity contribution is 8.16. The number of benzene rings is 2. The topological polar surface area (TPSA) is 9.23 Å². The van der Waals surface area contributed by atoms with E-state index in [9.17, 15) is 0 Å². The summed E-state index contributed by atoms with van der Waals surface area (Å²) in [5.74, 6) is 2.93. The van der Waals surface area contributed by atoms with Gasteiger partial charge in [-0.2, -0.15) is 11.8 Å². The van der Waals surface area contributed by atoms with Gasteiger partial charge in [0.25, 0.3) is 0 Å². The van der Waals surface area contributed by atoms with E-state index in [1.54, 1.807) is 0 Å².